The van der Waals surface area contributed by atoms with Crippen LogP contribution >= 0.6 is 11.6 Å². The van der Waals surface area contributed by atoms with Crippen molar-refractivity contribution >= 4 is 45.3 Å². The molecule has 3 aromatic rings. The van der Waals surface area contributed by atoms with Crippen LogP contribution in [-0.2, 0) is 24.3 Å². The molecule has 1 fully saturated rings. The first-order valence-corrected chi connectivity index (χ1v) is 14.3. The van der Waals surface area contributed by atoms with Gasteiger partial charge in [-0.1, -0.05) is 35.9 Å². The molecule has 1 N–H and O–H groups in total. The summed E-state index contributed by atoms with van der Waals surface area (Å²) in [5, 5.41) is 4.34. The van der Waals surface area contributed by atoms with Crippen LogP contribution in [0, 0.1) is 6.92 Å². The Bertz CT molecular complexity index is 1460. The fraction of sp³-hybridized carbons (Fsp3) is 0.250. The van der Waals surface area contributed by atoms with Crippen molar-refractivity contribution in [3.05, 3.63) is 88.9 Å². The second-order valence-electron chi connectivity index (χ2n) is 8.85. The number of morpholine rings is 1. The highest BCUT2D eigenvalue weighted by atomic mass is 35.5. The minimum Gasteiger partial charge on any atom is -0.484 e. The minimum absolute atomic E-state index is 0.0413. The van der Waals surface area contributed by atoms with Crippen LogP contribution in [0.4, 0.5) is 5.69 Å². The van der Waals surface area contributed by atoms with Gasteiger partial charge in [-0.05, 0) is 66.6 Å². The number of anilines is 1. The van der Waals surface area contributed by atoms with Crippen molar-refractivity contribution in [3.63, 3.8) is 0 Å². The van der Waals surface area contributed by atoms with Crippen LogP contribution in [0.2, 0.25) is 5.02 Å². The Kier molecular flexibility index (Phi) is 9.75. The van der Waals surface area contributed by atoms with E-state index in [0.717, 1.165) is 4.31 Å². The second kappa shape index (κ2) is 13.4. The molecule has 0 saturated carbocycles. The van der Waals surface area contributed by atoms with Gasteiger partial charge in [0.25, 0.3) is 21.8 Å². The van der Waals surface area contributed by atoms with Crippen molar-refractivity contribution in [1.29, 1.82) is 0 Å². The first-order valence-electron chi connectivity index (χ1n) is 12.5. The van der Waals surface area contributed by atoms with Gasteiger partial charge in [0.1, 0.15) is 12.3 Å². The summed E-state index contributed by atoms with van der Waals surface area (Å²) in [6, 6.07) is 19.5. The average Bonchev–Trinajstić information content (AvgIpc) is 2.98. The Morgan fingerprint density at radius 3 is 2.45 bits per heavy atom. The first kappa shape index (κ1) is 29.1. The van der Waals surface area contributed by atoms with Crippen LogP contribution in [0.5, 0.6) is 5.75 Å². The van der Waals surface area contributed by atoms with Gasteiger partial charge in [-0.15, -0.1) is 0 Å². The molecule has 10 nitrogen and oxygen atoms in total. The summed E-state index contributed by atoms with van der Waals surface area (Å²) in [5.74, 6) is -0.230. The monoisotopic (exact) mass is 584 g/mol. The number of hydrazone groups is 1. The lowest BCUT2D eigenvalue weighted by Crippen LogP contribution is -2.42. The summed E-state index contributed by atoms with van der Waals surface area (Å²) >= 11 is 6.25. The maximum atomic E-state index is 13.5. The van der Waals surface area contributed by atoms with Crippen LogP contribution in [-0.4, -0.2) is 70.8 Å². The van der Waals surface area contributed by atoms with E-state index in [4.69, 9.17) is 21.1 Å². The standard InChI is InChI=1S/C28H29ClN4O6S/c1-21-25(29)8-5-9-26(21)33(40(36,37)24-6-3-2-4-7-24)19-27(34)31-30-18-22-10-12-23(13-11-22)39-20-28(35)32-14-16-38-17-15-32/h2-13,18H,14-17,19-20H2,1H3,(H,31,34)/b30-18-. The zero-order chi connectivity index (χ0) is 28.5. The summed E-state index contributed by atoms with van der Waals surface area (Å²) in [4.78, 5) is 26.8. The van der Waals surface area contributed by atoms with Crippen LogP contribution < -0.4 is 14.5 Å². The molecule has 0 aliphatic carbocycles. The molecule has 0 atom stereocenters. The number of benzene rings is 3. The van der Waals surface area contributed by atoms with Crippen LogP contribution in [0.3, 0.4) is 0 Å². The molecule has 0 bridgehead atoms. The largest absolute Gasteiger partial charge is 0.484 e. The van der Waals surface area contributed by atoms with Crippen molar-refractivity contribution < 1.29 is 27.5 Å². The number of ether oxygens (including phenoxy) is 2. The zero-order valence-corrected chi connectivity index (χ0v) is 23.4. The fourth-order valence-electron chi connectivity index (χ4n) is 3.93. The number of nitrogens with zero attached hydrogens (tertiary/aromatic N) is 3. The molecule has 2 amide bonds. The van der Waals surface area contributed by atoms with Crippen molar-refractivity contribution in [3.8, 4) is 5.75 Å². The van der Waals surface area contributed by atoms with E-state index in [1.807, 2.05) is 0 Å². The van der Waals surface area contributed by atoms with E-state index in [9.17, 15) is 18.0 Å². The van der Waals surface area contributed by atoms with E-state index in [1.54, 1.807) is 72.5 Å². The van der Waals surface area contributed by atoms with Gasteiger partial charge in [-0.25, -0.2) is 13.8 Å². The molecule has 210 valence electrons. The molecule has 0 unspecified atom stereocenters. The van der Waals surface area contributed by atoms with Crippen LogP contribution in [0.1, 0.15) is 11.1 Å². The van der Waals surface area contributed by atoms with E-state index < -0.39 is 22.5 Å². The molecule has 40 heavy (non-hydrogen) atoms. The van der Waals surface area contributed by atoms with Crippen molar-refractivity contribution in [2.75, 3.05) is 43.8 Å². The molecule has 12 heteroatoms. The topological polar surface area (TPSA) is 118 Å². The number of carbonyl (C=O) groups excluding carboxylic acids is 2. The quantitative estimate of drug-likeness (QED) is 0.289. The van der Waals surface area contributed by atoms with E-state index in [2.05, 4.69) is 10.5 Å². The van der Waals surface area contributed by atoms with Gasteiger partial charge in [0.05, 0.1) is 30.0 Å². The lowest BCUT2D eigenvalue weighted by atomic mass is 10.2. The third kappa shape index (κ3) is 7.38. The number of halogens is 1. The van der Waals surface area contributed by atoms with Crippen LogP contribution in [0.15, 0.2) is 82.8 Å². The third-order valence-electron chi connectivity index (χ3n) is 6.14. The molecule has 4 rings (SSSR count). The summed E-state index contributed by atoms with van der Waals surface area (Å²) in [6.07, 6.45) is 1.42. The van der Waals surface area contributed by atoms with Gasteiger partial charge >= 0.3 is 0 Å². The van der Waals surface area contributed by atoms with Gasteiger partial charge in [0.2, 0.25) is 0 Å². The number of hydrogen-bond donors (Lipinski definition) is 1. The Hall–Kier alpha value is -3.93. The van der Waals surface area contributed by atoms with Crippen molar-refractivity contribution in [2.45, 2.75) is 11.8 Å². The Labute approximate surface area is 238 Å². The SMILES string of the molecule is Cc1c(Cl)cccc1N(CC(=O)N/N=C\c1ccc(OCC(=O)N2CCOCC2)cc1)S(=O)(=O)c1ccccc1. The van der Waals surface area contributed by atoms with Crippen molar-refractivity contribution in [2.24, 2.45) is 5.10 Å². The number of amides is 2. The number of carbonyl (C=O) groups is 2. The number of hydrogen-bond acceptors (Lipinski definition) is 7. The normalized spacial score (nSPS) is 13.7. The highest BCUT2D eigenvalue weighted by Crippen LogP contribution is 2.30. The lowest BCUT2D eigenvalue weighted by Gasteiger charge is -2.26. The first-order chi connectivity index (χ1) is 19.3. The van der Waals surface area contributed by atoms with Crippen LogP contribution in [0.25, 0.3) is 0 Å². The Morgan fingerprint density at radius 1 is 1.05 bits per heavy atom. The maximum absolute atomic E-state index is 13.5. The van der Waals surface area contributed by atoms with E-state index >= 15 is 0 Å². The summed E-state index contributed by atoms with van der Waals surface area (Å²) < 4.78 is 38.8. The lowest BCUT2D eigenvalue weighted by molar-refractivity contribution is -0.137. The summed E-state index contributed by atoms with van der Waals surface area (Å²) in [5.41, 5.74) is 3.85. The highest BCUT2D eigenvalue weighted by Gasteiger charge is 2.28. The Morgan fingerprint density at radius 2 is 1.75 bits per heavy atom. The number of sulfonamides is 1. The molecule has 3 aromatic carbocycles. The van der Waals surface area contributed by atoms with Gasteiger partial charge in [-0.3, -0.25) is 13.9 Å². The molecule has 1 aliphatic heterocycles. The van der Waals surface area contributed by atoms with Crippen molar-refractivity contribution in [1.82, 2.24) is 10.3 Å². The maximum Gasteiger partial charge on any atom is 0.264 e. The van der Waals surface area contributed by atoms with Gasteiger partial charge < -0.3 is 14.4 Å². The zero-order valence-electron chi connectivity index (χ0n) is 21.8. The predicted molar refractivity (Wildman–Crippen MR) is 152 cm³/mol. The predicted octanol–water partition coefficient (Wildman–Crippen LogP) is 3.23. The molecular formula is C28H29ClN4O6S. The minimum atomic E-state index is -4.07. The van der Waals surface area contributed by atoms with E-state index in [-0.39, 0.29) is 23.1 Å². The highest BCUT2D eigenvalue weighted by molar-refractivity contribution is 7.92. The van der Waals surface area contributed by atoms with Gasteiger partial charge in [0.15, 0.2) is 6.61 Å². The molecular weight excluding hydrogens is 556 g/mol. The van der Waals surface area contributed by atoms with Gasteiger partial charge in [-0.2, -0.15) is 5.10 Å². The second-order valence-corrected chi connectivity index (χ2v) is 11.1. The number of nitrogens with one attached hydrogen (secondary N) is 1. The van der Waals surface area contributed by atoms with E-state index in [1.165, 1.54) is 18.3 Å². The smallest absolute Gasteiger partial charge is 0.264 e. The fourth-order valence-corrected chi connectivity index (χ4v) is 5.60. The Balaban J connectivity index is 1.38. The summed E-state index contributed by atoms with van der Waals surface area (Å²) in [7, 11) is -4.07. The van der Waals surface area contributed by atoms with E-state index in [0.29, 0.717) is 48.2 Å². The molecule has 0 radical (unpaired) electrons. The molecule has 1 heterocycles. The molecule has 1 saturated heterocycles. The molecule has 1 aliphatic rings. The third-order valence-corrected chi connectivity index (χ3v) is 8.32. The number of rotatable bonds is 10. The average molecular weight is 585 g/mol. The molecule has 0 aromatic heterocycles. The summed E-state index contributed by atoms with van der Waals surface area (Å²) in [6.45, 7) is 3.26. The molecule has 0 spiro atoms. The van der Waals surface area contributed by atoms with Gasteiger partial charge in [0, 0.05) is 18.1 Å².